The Labute approximate surface area is 113 Å². The summed E-state index contributed by atoms with van der Waals surface area (Å²) < 4.78 is 0. The van der Waals surface area contributed by atoms with E-state index in [0.717, 1.165) is 11.4 Å². The minimum atomic E-state index is -0.0113. The summed E-state index contributed by atoms with van der Waals surface area (Å²) in [6.07, 6.45) is 2.04. The minimum absolute atomic E-state index is 0. The summed E-state index contributed by atoms with van der Waals surface area (Å²) in [6, 6.07) is 0. The molecule has 3 heteroatoms. The van der Waals surface area contributed by atoms with Crippen LogP contribution in [0.1, 0.15) is 55.4 Å². The van der Waals surface area contributed by atoms with Gasteiger partial charge in [0.15, 0.2) is 0 Å². The van der Waals surface area contributed by atoms with E-state index in [-0.39, 0.29) is 29.9 Å². The second kappa shape index (κ2) is 6.52. The number of nitrogens with zero attached hydrogens (tertiary/aromatic N) is 2. The second-order valence-corrected chi connectivity index (χ2v) is 5.99. The standard InChI is InChI=1S/C13H25N2.Li/c1-10(14-12(3,4)5)9-11(2)15-13(6,7)8;/h9H,1-8H3;/q-1;+1/b10-9+,15-11?;. The van der Waals surface area contributed by atoms with Crippen molar-refractivity contribution >= 4 is 5.71 Å². The fraction of sp³-hybridized carbons (Fsp3) is 0.769. The van der Waals surface area contributed by atoms with Gasteiger partial charge in [-0.3, -0.25) is 4.99 Å². The van der Waals surface area contributed by atoms with Crippen LogP contribution in [0.5, 0.6) is 0 Å². The molecule has 0 aromatic rings. The fourth-order valence-corrected chi connectivity index (χ4v) is 1.42. The van der Waals surface area contributed by atoms with E-state index in [9.17, 15) is 0 Å². The van der Waals surface area contributed by atoms with Crippen molar-refractivity contribution in [2.45, 2.75) is 66.5 Å². The molecule has 0 saturated carbocycles. The number of hydrogen-bond donors (Lipinski definition) is 0. The Bertz CT molecular complexity index is 265. The van der Waals surface area contributed by atoms with Crippen molar-refractivity contribution in [1.29, 1.82) is 0 Å². The molecule has 0 aromatic carbocycles. The molecule has 0 N–H and O–H groups in total. The summed E-state index contributed by atoms with van der Waals surface area (Å²) in [5.41, 5.74) is 2.05. The van der Waals surface area contributed by atoms with Gasteiger partial charge >= 0.3 is 18.9 Å². The maximum atomic E-state index is 4.56. The quantitative estimate of drug-likeness (QED) is 0.492. The van der Waals surface area contributed by atoms with Crippen LogP contribution in [0.3, 0.4) is 0 Å². The molecular formula is C13H25LiN2. The van der Waals surface area contributed by atoms with E-state index in [4.69, 9.17) is 0 Å². The van der Waals surface area contributed by atoms with Crippen LogP contribution in [0.4, 0.5) is 0 Å². The molecule has 0 bridgehead atoms. The Kier molecular flexibility index (Phi) is 7.41. The Morgan fingerprint density at radius 1 is 1.00 bits per heavy atom. The van der Waals surface area contributed by atoms with Gasteiger partial charge in [-0.15, -0.1) is 5.54 Å². The van der Waals surface area contributed by atoms with E-state index in [0.29, 0.717) is 0 Å². The molecule has 0 radical (unpaired) electrons. The van der Waals surface area contributed by atoms with Gasteiger partial charge < -0.3 is 5.32 Å². The van der Waals surface area contributed by atoms with Crippen LogP contribution in [0.2, 0.25) is 0 Å². The molecule has 0 spiro atoms. The molecule has 2 nitrogen and oxygen atoms in total. The first-order valence-corrected chi connectivity index (χ1v) is 5.47. The topological polar surface area (TPSA) is 26.5 Å². The fourth-order valence-electron chi connectivity index (χ4n) is 1.42. The van der Waals surface area contributed by atoms with Crippen LogP contribution in [-0.4, -0.2) is 16.8 Å². The number of hydrogen-bond acceptors (Lipinski definition) is 1. The van der Waals surface area contributed by atoms with Crippen LogP contribution >= 0.6 is 0 Å². The number of allylic oxidation sites excluding steroid dienone is 2. The van der Waals surface area contributed by atoms with Crippen LogP contribution in [0.25, 0.3) is 5.32 Å². The SMILES string of the molecule is CC(/C=C(\C)[N-]C(C)(C)C)=NC(C)(C)C.[Li+]. The van der Waals surface area contributed by atoms with Gasteiger partial charge in [-0.05, 0) is 27.7 Å². The average molecular weight is 216 g/mol. The molecule has 0 fully saturated rings. The molecule has 0 saturated heterocycles. The zero-order valence-electron chi connectivity index (χ0n) is 12.5. The third kappa shape index (κ3) is 11.9. The Balaban J connectivity index is 0. The third-order valence-electron chi connectivity index (χ3n) is 1.44. The maximum absolute atomic E-state index is 4.56. The molecule has 16 heavy (non-hydrogen) atoms. The molecule has 0 amide bonds. The molecule has 0 aliphatic carbocycles. The van der Waals surface area contributed by atoms with Gasteiger partial charge in [0.25, 0.3) is 0 Å². The van der Waals surface area contributed by atoms with Crippen molar-refractivity contribution in [3.63, 3.8) is 0 Å². The average Bonchev–Trinajstić information content (AvgIpc) is 1.73. The summed E-state index contributed by atoms with van der Waals surface area (Å²) in [5, 5.41) is 4.56. The predicted octanol–water partition coefficient (Wildman–Crippen LogP) is 1.33. The first-order chi connectivity index (χ1) is 6.49. The van der Waals surface area contributed by atoms with Gasteiger partial charge in [-0.1, -0.05) is 33.8 Å². The largest absolute Gasteiger partial charge is 1.00 e. The molecule has 0 rings (SSSR count). The van der Waals surface area contributed by atoms with E-state index < -0.39 is 0 Å². The van der Waals surface area contributed by atoms with E-state index in [1.807, 2.05) is 19.9 Å². The van der Waals surface area contributed by atoms with Gasteiger partial charge in [0.1, 0.15) is 0 Å². The number of rotatable bonds is 2. The van der Waals surface area contributed by atoms with Crippen molar-refractivity contribution in [2.24, 2.45) is 4.99 Å². The zero-order valence-corrected chi connectivity index (χ0v) is 12.5. The van der Waals surface area contributed by atoms with Crippen molar-refractivity contribution in [3.8, 4) is 0 Å². The summed E-state index contributed by atoms with van der Waals surface area (Å²) in [5.74, 6) is 0. The maximum Gasteiger partial charge on any atom is 1.00 e. The second-order valence-electron chi connectivity index (χ2n) is 5.99. The molecule has 0 heterocycles. The van der Waals surface area contributed by atoms with Gasteiger partial charge in [-0.2, -0.15) is 5.70 Å². The van der Waals surface area contributed by atoms with E-state index in [2.05, 4.69) is 51.9 Å². The van der Waals surface area contributed by atoms with E-state index in [1.165, 1.54) is 0 Å². The number of aliphatic imine (C=N–C) groups is 1. The van der Waals surface area contributed by atoms with Gasteiger partial charge in [-0.25, -0.2) is 0 Å². The summed E-state index contributed by atoms with van der Waals surface area (Å²) in [7, 11) is 0. The molecule has 0 atom stereocenters. The minimum Gasteiger partial charge on any atom is -0.683 e. The predicted molar refractivity (Wildman–Crippen MR) is 69.7 cm³/mol. The summed E-state index contributed by atoms with van der Waals surface area (Å²) in [4.78, 5) is 4.56. The van der Waals surface area contributed by atoms with Crippen LogP contribution in [0.15, 0.2) is 16.8 Å². The normalized spacial score (nSPS) is 14.5. The smallest absolute Gasteiger partial charge is 0.683 e. The third-order valence-corrected chi connectivity index (χ3v) is 1.44. The van der Waals surface area contributed by atoms with E-state index in [1.54, 1.807) is 0 Å². The van der Waals surface area contributed by atoms with Crippen LogP contribution in [0, 0.1) is 0 Å². The van der Waals surface area contributed by atoms with Crippen LogP contribution < -0.4 is 18.9 Å². The molecule has 0 unspecified atom stereocenters. The monoisotopic (exact) mass is 216 g/mol. The molecule has 0 aliphatic heterocycles. The van der Waals surface area contributed by atoms with Crippen molar-refractivity contribution in [2.75, 3.05) is 0 Å². The van der Waals surface area contributed by atoms with Crippen molar-refractivity contribution < 1.29 is 18.9 Å². The van der Waals surface area contributed by atoms with Gasteiger partial charge in [0.05, 0.1) is 5.54 Å². The Morgan fingerprint density at radius 2 is 1.44 bits per heavy atom. The zero-order chi connectivity index (χ0) is 12.3. The van der Waals surface area contributed by atoms with Gasteiger partial charge in [0.2, 0.25) is 0 Å². The summed E-state index contributed by atoms with van der Waals surface area (Å²) >= 11 is 0. The molecule has 88 valence electrons. The molecule has 0 aromatic heterocycles. The van der Waals surface area contributed by atoms with E-state index >= 15 is 0 Å². The first-order valence-electron chi connectivity index (χ1n) is 5.47. The van der Waals surface area contributed by atoms with Gasteiger partial charge in [0, 0.05) is 5.71 Å². The molecular weight excluding hydrogens is 191 g/mol. The van der Waals surface area contributed by atoms with Crippen LogP contribution in [-0.2, 0) is 0 Å². The molecule has 0 aliphatic rings. The van der Waals surface area contributed by atoms with Crippen molar-refractivity contribution in [3.05, 3.63) is 17.1 Å². The Morgan fingerprint density at radius 3 is 1.75 bits per heavy atom. The summed E-state index contributed by atoms with van der Waals surface area (Å²) in [6.45, 7) is 16.6. The first kappa shape index (κ1) is 18.2. The Hall–Kier alpha value is -0.193. The van der Waals surface area contributed by atoms with Crippen molar-refractivity contribution in [1.82, 2.24) is 0 Å².